The highest BCUT2D eigenvalue weighted by Crippen LogP contribution is 2.22. The Kier molecular flexibility index (Phi) is 2.37. The maximum absolute atomic E-state index is 5.54. The molecule has 0 fully saturated rings. The molecule has 0 aliphatic carbocycles. The van der Waals surface area contributed by atoms with Gasteiger partial charge in [-0.1, -0.05) is 5.16 Å². The highest BCUT2D eigenvalue weighted by Gasteiger charge is 2.16. The first-order valence-corrected chi connectivity index (χ1v) is 5.31. The van der Waals surface area contributed by atoms with E-state index in [0.29, 0.717) is 6.54 Å². The number of fused-ring (bicyclic) bond motifs is 1. The lowest BCUT2D eigenvalue weighted by Crippen LogP contribution is -2.01. The standard InChI is InChI=1S/C8H12N2OS/c9-5-7-6-1-3-12-4-2-8(6)11-10-7/h1-5,9H2. The summed E-state index contributed by atoms with van der Waals surface area (Å²) >= 11 is 1.97. The van der Waals surface area contributed by atoms with Crippen LogP contribution in [0.4, 0.5) is 0 Å². The van der Waals surface area contributed by atoms with Gasteiger partial charge in [0.15, 0.2) is 0 Å². The third-order valence-corrected chi connectivity index (χ3v) is 3.10. The second kappa shape index (κ2) is 3.49. The molecule has 0 spiro atoms. The first-order valence-electron chi connectivity index (χ1n) is 4.16. The van der Waals surface area contributed by atoms with Gasteiger partial charge in [-0.15, -0.1) is 0 Å². The normalized spacial score (nSPS) is 17.1. The van der Waals surface area contributed by atoms with Crippen LogP contribution in [0.5, 0.6) is 0 Å². The van der Waals surface area contributed by atoms with E-state index in [2.05, 4.69) is 5.16 Å². The third kappa shape index (κ3) is 1.36. The lowest BCUT2D eigenvalue weighted by molar-refractivity contribution is 0.380. The van der Waals surface area contributed by atoms with Crippen LogP contribution in [-0.4, -0.2) is 16.7 Å². The minimum absolute atomic E-state index is 0.503. The van der Waals surface area contributed by atoms with E-state index in [9.17, 15) is 0 Å². The molecular formula is C8H12N2OS. The number of hydrogen-bond donors (Lipinski definition) is 1. The number of rotatable bonds is 1. The average Bonchev–Trinajstić information content (AvgIpc) is 2.33. The van der Waals surface area contributed by atoms with Gasteiger partial charge in [-0.25, -0.2) is 0 Å². The van der Waals surface area contributed by atoms with Gasteiger partial charge >= 0.3 is 0 Å². The molecule has 0 saturated carbocycles. The minimum atomic E-state index is 0.503. The maximum atomic E-state index is 5.54. The smallest absolute Gasteiger partial charge is 0.141 e. The predicted octanol–water partition coefficient (Wildman–Crippen LogP) is 0.965. The molecule has 4 heteroatoms. The van der Waals surface area contributed by atoms with Crippen molar-refractivity contribution in [1.29, 1.82) is 0 Å². The monoisotopic (exact) mass is 184 g/mol. The van der Waals surface area contributed by atoms with Crippen LogP contribution in [0.3, 0.4) is 0 Å². The number of aromatic nitrogens is 1. The average molecular weight is 184 g/mol. The fourth-order valence-electron chi connectivity index (χ4n) is 1.46. The zero-order chi connectivity index (χ0) is 8.39. The third-order valence-electron chi connectivity index (χ3n) is 2.11. The Bertz CT molecular complexity index is 272. The van der Waals surface area contributed by atoms with E-state index in [1.165, 1.54) is 11.3 Å². The van der Waals surface area contributed by atoms with Crippen molar-refractivity contribution in [3.8, 4) is 0 Å². The molecule has 1 aliphatic heterocycles. The summed E-state index contributed by atoms with van der Waals surface area (Å²) in [4.78, 5) is 0. The van der Waals surface area contributed by atoms with Crippen molar-refractivity contribution in [1.82, 2.24) is 5.16 Å². The van der Waals surface area contributed by atoms with Gasteiger partial charge in [0.2, 0.25) is 0 Å². The molecule has 0 amide bonds. The summed E-state index contributed by atoms with van der Waals surface area (Å²) in [6.07, 6.45) is 2.07. The topological polar surface area (TPSA) is 52.0 Å². The van der Waals surface area contributed by atoms with Crippen molar-refractivity contribution >= 4 is 11.8 Å². The van der Waals surface area contributed by atoms with Crippen molar-refractivity contribution in [3.05, 3.63) is 17.0 Å². The van der Waals surface area contributed by atoms with Crippen LogP contribution in [-0.2, 0) is 19.4 Å². The van der Waals surface area contributed by atoms with Gasteiger partial charge in [-0.2, -0.15) is 11.8 Å². The van der Waals surface area contributed by atoms with Gasteiger partial charge < -0.3 is 10.3 Å². The largest absolute Gasteiger partial charge is 0.361 e. The molecule has 0 aromatic carbocycles. The van der Waals surface area contributed by atoms with Crippen LogP contribution < -0.4 is 5.73 Å². The molecule has 2 N–H and O–H groups in total. The predicted molar refractivity (Wildman–Crippen MR) is 49.1 cm³/mol. The Balaban J connectivity index is 2.32. The molecule has 0 saturated heterocycles. The summed E-state index contributed by atoms with van der Waals surface area (Å²) < 4.78 is 5.21. The van der Waals surface area contributed by atoms with Crippen LogP contribution in [0.15, 0.2) is 4.52 Å². The lowest BCUT2D eigenvalue weighted by atomic mass is 10.1. The van der Waals surface area contributed by atoms with Gasteiger partial charge in [0.1, 0.15) is 11.5 Å². The van der Waals surface area contributed by atoms with Crippen LogP contribution in [0.25, 0.3) is 0 Å². The fraction of sp³-hybridized carbons (Fsp3) is 0.625. The highest BCUT2D eigenvalue weighted by atomic mass is 32.2. The molecule has 66 valence electrons. The summed E-state index contributed by atoms with van der Waals surface area (Å²) in [7, 11) is 0. The van der Waals surface area contributed by atoms with Crippen LogP contribution in [0, 0.1) is 0 Å². The molecule has 2 rings (SSSR count). The van der Waals surface area contributed by atoms with E-state index in [1.54, 1.807) is 0 Å². The van der Waals surface area contributed by atoms with Crippen LogP contribution in [0.1, 0.15) is 17.0 Å². The summed E-state index contributed by atoms with van der Waals surface area (Å²) in [5, 5.41) is 3.95. The van der Waals surface area contributed by atoms with Gasteiger partial charge in [0.25, 0.3) is 0 Å². The van der Waals surface area contributed by atoms with Crippen molar-refractivity contribution < 1.29 is 4.52 Å². The Hall–Kier alpha value is -0.480. The SMILES string of the molecule is NCc1noc2c1CCSCC2. The molecule has 1 aromatic rings. The molecule has 12 heavy (non-hydrogen) atoms. The van der Waals surface area contributed by atoms with E-state index >= 15 is 0 Å². The second-order valence-corrected chi connectivity index (χ2v) is 4.07. The van der Waals surface area contributed by atoms with Crippen molar-refractivity contribution in [2.24, 2.45) is 5.73 Å². The second-order valence-electron chi connectivity index (χ2n) is 2.85. The Labute approximate surface area is 75.7 Å². The first kappa shape index (κ1) is 8.13. The summed E-state index contributed by atoms with van der Waals surface area (Å²) in [5.74, 6) is 3.37. The number of thioether (sulfide) groups is 1. The van der Waals surface area contributed by atoms with Crippen molar-refractivity contribution in [2.45, 2.75) is 19.4 Å². The quantitative estimate of drug-likeness (QED) is 0.706. The van der Waals surface area contributed by atoms with E-state index in [1.807, 2.05) is 11.8 Å². The molecule has 3 nitrogen and oxygen atoms in total. The summed E-state index contributed by atoms with van der Waals surface area (Å²) in [6.45, 7) is 0.503. The zero-order valence-corrected chi connectivity index (χ0v) is 7.69. The number of nitrogens with two attached hydrogens (primary N) is 1. The lowest BCUT2D eigenvalue weighted by Gasteiger charge is -1.95. The van der Waals surface area contributed by atoms with Gasteiger partial charge in [0, 0.05) is 24.3 Å². The summed E-state index contributed by atoms with van der Waals surface area (Å²) in [6, 6.07) is 0. The molecule has 2 heterocycles. The number of hydrogen-bond acceptors (Lipinski definition) is 4. The Morgan fingerprint density at radius 3 is 3.08 bits per heavy atom. The molecule has 0 atom stereocenters. The molecule has 1 aromatic heterocycles. The van der Waals surface area contributed by atoms with Crippen LogP contribution >= 0.6 is 11.8 Å². The van der Waals surface area contributed by atoms with E-state index < -0.39 is 0 Å². The highest BCUT2D eigenvalue weighted by molar-refractivity contribution is 7.99. The number of nitrogens with zero attached hydrogens (tertiary/aromatic N) is 1. The van der Waals surface area contributed by atoms with E-state index in [0.717, 1.165) is 30.0 Å². The Morgan fingerprint density at radius 1 is 1.42 bits per heavy atom. The van der Waals surface area contributed by atoms with E-state index in [-0.39, 0.29) is 0 Å². The van der Waals surface area contributed by atoms with Crippen molar-refractivity contribution in [3.63, 3.8) is 0 Å². The zero-order valence-electron chi connectivity index (χ0n) is 6.88. The summed E-state index contributed by atoms with van der Waals surface area (Å²) in [5.41, 5.74) is 7.76. The minimum Gasteiger partial charge on any atom is -0.361 e. The van der Waals surface area contributed by atoms with Crippen LogP contribution in [0.2, 0.25) is 0 Å². The van der Waals surface area contributed by atoms with E-state index in [4.69, 9.17) is 10.3 Å². The Morgan fingerprint density at radius 2 is 2.25 bits per heavy atom. The molecule has 1 aliphatic rings. The van der Waals surface area contributed by atoms with Gasteiger partial charge in [-0.05, 0) is 12.2 Å². The molecular weight excluding hydrogens is 172 g/mol. The van der Waals surface area contributed by atoms with Gasteiger partial charge in [0.05, 0.1) is 0 Å². The number of aryl methyl sites for hydroxylation is 1. The van der Waals surface area contributed by atoms with Gasteiger partial charge in [-0.3, -0.25) is 0 Å². The molecule has 0 radical (unpaired) electrons. The molecule has 0 unspecified atom stereocenters. The van der Waals surface area contributed by atoms with Crippen molar-refractivity contribution in [2.75, 3.05) is 11.5 Å². The maximum Gasteiger partial charge on any atom is 0.141 e. The fourth-order valence-corrected chi connectivity index (χ4v) is 2.35. The molecule has 0 bridgehead atoms. The first-order chi connectivity index (χ1) is 5.92.